The molecule has 8 bridgehead atoms. The lowest BCUT2D eigenvalue weighted by Crippen LogP contribution is -2.67. The summed E-state index contributed by atoms with van der Waals surface area (Å²) in [5, 5.41) is 0. The third-order valence-electron chi connectivity index (χ3n) is 7.67. The van der Waals surface area contributed by atoms with Crippen molar-refractivity contribution in [2.24, 2.45) is 46.3 Å². The molecule has 0 unspecified atom stereocenters. The first-order valence-electron chi connectivity index (χ1n) is 7.65. The zero-order valence-corrected chi connectivity index (χ0v) is 10.9. The molecule has 18 heavy (non-hydrogen) atoms. The molecule has 0 heterocycles. The molecule has 0 aromatic rings. The van der Waals surface area contributed by atoms with E-state index in [1.54, 1.807) is 0 Å². The van der Waals surface area contributed by atoms with Crippen molar-refractivity contribution in [1.82, 2.24) is 0 Å². The Balaban J connectivity index is 1.66. The Morgan fingerprint density at radius 3 is 0.944 bits per heavy atom. The Kier molecular flexibility index (Phi) is 1.48. The van der Waals surface area contributed by atoms with E-state index in [1.165, 1.54) is 38.5 Å². The number of terminal acetylenes is 2. The van der Waals surface area contributed by atoms with Crippen molar-refractivity contribution in [3.05, 3.63) is 0 Å². The number of hydrogen-bond acceptors (Lipinski definition) is 0. The fourth-order valence-corrected chi connectivity index (χ4v) is 7.28. The number of rotatable bonds is 0. The maximum atomic E-state index is 5.91. The fraction of sp³-hybridized carbons (Fsp3) is 0.778. The first-order chi connectivity index (χ1) is 8.69. The Bertz CT molecular complexity index is 400. The van der Waals surface area contributed by atoms with Crippen LogP contribution in [0.2, 0.25) is 0 Å². The molecule has 0 aliphatic heterocycles. The fourth-order valence-electron chi connectivity index (χ4n) is 7.28. The highest BCUT2D eigenvalue weighted by atomic mass is 14.7. The van der Waals surface area contributed by atoms with Crippen LogP contribution in [0.5, 0.6) is 0 Å². The van der Waals surface area contributed by atoms with Crippen LogP contribution in [0.15, 0.2) is 0 Å². The van der Waals surface area contributed by atoms with Gasteiger partial charge < -0.3 is 0 Å². The third kappa shape index (κ3) is 0.862. The summed E-state index contributed by atoms with van der Waals surface area (Å²) >= 11 is 0. The van der Waals surface area contributed by atoms with Gasteiger partial charge in [-0.2, -0.15) is 0 Å². The highest BCUT2D eigenvalue weighted by Crippen LogP contribution is 2.76. The molecule has 0 spiro atoms. The minimum Gasteiger partial charge on any atom is -0.120 e. The molecule has 0 amide bonds. The first-order valence-corrected chi connectivity index (χ1v) is 7.65. The molecule has 7 aliphatic carbocycles. The van der Waals surface area contributed by atoms with Gasteiger partial charge in [0.25, 0.3) is 0 Å². The van der Waals surface area contributed by atoms with E-state index >= 15 is 0 Å². The molecule has 7 rings (SSSR count). The standard InChI is InChI=1S/C18H20/c1-3-17-5-11-14-8-18(4-2)9-15(11)13(7-17)16(10-18)12(14)6-17/h1-2,11-16H,5-10H2. The van der Waals surface area contributed by atoms with E-state index in [2.05, 4.69) is 11.8 Å². The van der Waals surface area contributed by atoms with Crippen LogP contribution in [0, 0.1) is 71.0 Å². The van der Waals surface area contributed by atoms with Crippen LogP contribution in [0.1, 0.15) is 38.5 Å². The van der Waals surface area contributed by atoms with E-state index in [-0.39, 0.29) is 0 Å². The highest BCUT2D eigenvalue weighted by molar-refractivity contribution is 5.27. The van der Waals surface area contributed by atoms with Crippen molar-refractivity contribution in [3.63, 3.8) is 0 Å². The predicted octanol–water partition coefficient (Wildman–Crippen LogP) is 3.33. The first kappa shape index (κ1) is 9.97. The second kappa shape index (κ2) is 2.67. The summed E-state index contributed by atoms with van der Waals surface area (Å²) < 4.78 is 0. The molecule has 7 aliphatic rings. The van der Waals surface area contributed by atoms with Crippen molar-refractivity contribution < 1.29 is 0 Å². The van der Waals surface area contributed by atoms with E-state index in [0.717, 1.165) is 35.5 Å². The summed E-state index contributed by atoms with van der Waals surface area (Å²) in [5.41, 5.74) is 0.605. The molecule has 92 valence electrons. The third-order valence-corrected chi connectivity index (χ3v) is 7.67. The summed E-state index contributed by atoms with van der Waals surface area (Å²) in [6.07, 6.45) is 19.8. The van der Waals surface area contributed by atoms with Crippen molar-refractivity contribution >= 4 is 0 Å². The molecule has 7 fully saturated rings. The zero-order chi connectivity index (χ0) is 12.1. The average molecular weight is 236 g/mol. The SMILES string of the molecule is C#CC12CC3C4CC5(C#C)CC3C(C1)C(C5)C4C2. The van der Waals surface area contributed by atoms with Crippen LogP contribution >= 0.6 is 0 Å². The van der Waals surface area contributed by atoms with Gasteiger partial charge in [0.15, 0.2) is 0 Å². The van der Waals surface area contributed by atoms with Gasteiger partial charge in [-0.15, -0.1) is 12.8 Å². The van der Waals surface area contributed by atoms with Crippen LogP contribution in [0.25, 0.3) is 0 Å². The second-order valence-electron chi connectivity index (χ2n) is 8.06. The molecule has 0 N–H and O–H groups in total. The molecular formula is C18H20. The van der Waals surface area contributed by atoms with E-state index in [1.807, 2.05) is 0 Å². The Labute approximate surface area is 110 Å². The Hall–Kier alpha value is -0.880. The predicted molar refractivity (Wildman–Crippen MR) is 71.2 cm³/mol. The topological polar surface area (TPSA) is 0 Å². The van der Waals surface area contributed by atoms with Crippen LogP contribution in [-0.2, 0) is 0 Å². The maximum absolute atomic E-state index is 5.91. The van der Waals surface area contributed by atoms with E-state index in [0.29, 0.717) is 10.8 Å². The molecule has 0 aromatic carbocycles. The lowest BCUT2D eigenvalue weighted by Gasteiger charge is -2.73. The maximum Gasteiger partial charge on any atom is 0.0320 e. The quantitative estimate of drug-likeness (QED) is 0.566. The summed E-state index contributed by atoms with van der Waals surface area (Å²) in [4.78, 5) is 0. The zero-order valence-electron chi connectivity index (χ0n) is 10.9. The minimum atomic E-state index is 0.303. The van der Waals surface area contributed by atoms with Gasteiger partial charge in [-0.1, -0.05) is 11.8 Å². The van der Waals surface area contributed by atoms with E-state index in [9.17, 15) is 0 Å². The van der Waals surface area contributed by atoms with Gasteiger partial charge in [-0.3, -0.25) is 0 Å². The minimum absolute atomic E-state index is 0.303. The molecule has 0 heteroatoms. The molecule has 0 saturated heterocycles. The molecule has 0 aromatic heterocycles. The largest absolute Gasteiger partial charge is 0.120 e. The monoisotopic (exact) mass is 236 g/mol. The molecule has 0 nitrogen and oxygen atoms in total. The number of hydrogen-bond donors (Lipinski definition) is 0. The van der Waals surface area contributed by atoms with E-state index < -0.39 is 0 Å². The van der Waals surface area contributed by atoms with Gasteiger partial charge in [0.2, 0.25) is 0 Å². The van der Waals surface area contributed by atoms with Crippen LogP contribution in [0.3, 0.4) is 0 Å². The average Bonchev–Trinajstić information content (AvgIpc) is 2.43. The van der Waals surface area contributed by atoms with Gasteiger partial charge >= 0.3 is 0 Å². The summed E-state index contributed by atoms with van der Waals surface area (Å²) in [5.74, 6) is 12.1. The van der Waals surface area contributed by atoms with Gasteiger partial charge in [0.05, 0.1) is 0 Å². The summed E-state index contributed by atoms with van der Waals surface area (Å²) in [7, 11) is 0. The summed E-state index contributed by atoms with van der Waals surface area (Å²) in [6, 6.07) is 0. The lowest BCUT2D eigenvalue weighted by atomic mass is 9.31. The Morgan fingerprint density at radius 2 is 0.778 bits per heavy atom. The van der Waals surface area contributed by atoms with Crippen LogP contribution < -0.4 is 0 Å². The molecule has 0 radical (unpaired) electrons. The summed E-state index contributed by atoms with van der Waals surface area (Å²) in [6.45, 7) is 0. The van der Waals surface area contributed by atoms with Gasteiger partial charge in [-0.05, 0) is 74.0 Å². The van der Waals surface area contributed by atoms with Gasteiger partial charge in [0.1, 0.15) is 0 Å². The van der Waals surface area contributed by atoms with Gasteiger partial charge in [-0.25, -0.2) is 0 Å². The molecule has 7 saturated carbocycles. The normalized spacial score (nSPS) is 65.9. The molecule has 0 atom stereocenters. The van der Waals surface area contributed by atoms with Crippen molar-refractivity contribution in [1.29, 1.82) is 0 Å². The highest BCUT2D eigenvalue weighted by Gasteiger charge is 2.69. The van der Waals surface area contributed by atoms with Crippen molar-refractivity contribution in [2.45, 2.75) is 38.5 Å². The Morgan fingerprint density at radius 1 is 0.556 bits per heavy atom. The van der Waals surface area contributed by atoms with Crippen LogP contribution in [-0.4, -0.2) is 0 Å². The smallest absolute Gasteiger partial charge is 0.0320 e. The van der Waals surface area contributed by atoms with Crippen LogP contribution in [0.4, 0.5) is 0 Å². The van der Waals surface area contributed by atoms with Crippen molar-refractivity contribution in [3.8, 4) is 24.7 Å². The molecular weight excluding hydrogens is 216 g/mol. The lowest BCUT2D eigenvalue weighted by molar-refractivity contribution is -0.233. The second-order valence-corrected chi connectivity index (χ2v) is 8.06. The van der Waals surface area contributed by atoms with Gasteiger partial charge in [0, 0.05) is 10.8 Å². The van der Waals surface area contributed by atoms with Crippen molar-refractivity contribution in [2.75, 3.05) is 0 Å². The van der Waals surface area contributed by atoms with E-state index in [4.69, 9.17) is 12.8 Å².